The smallest absolute Gasteiger partial charge is 0.0742 e. The Hall–Kier alpha value is -0.680. The average molecular weight is 262 g/mol. The number of aliphatic hydroxyl groups is 3. The van der Waals surface area contributed by atoms with Crippen LogP contribution in [0.25, 0.3) is 0 Å². The quantitative estimate of drug-likeness (QED) is 0.461. The molecule has 4 nitrogen and oxygen atoms in total. The summed E-state index contributed by atoms with van der Waals surface area (Å²) >= 11 is 0. The molecule has 18 heavy (non-hydrogen) atoms. The van der Waals surface area contributed by atoms with Gasteiger partial charge in [-0.3, -0.25) is 0 Å². The fourth-order valence-electron chi connectivity index (χ4n) is 0.597. The molecule has 0 aromatic rings. The normalized spacial score (nSPS) is 10.3. The third-order valence-electron chi connectivity index (χ3n) is 1.50. The van der Waals surface area contributed by atoms with Gasteiger partial charge >= 0.3 is 0 Å². The Labute approximate surface area is 112 Å². The Morgan fingerprint density at radius 1 is 1.11 bits per heavy atom. The van der Waals surface area contributed by atoms with Gasteiger partial charge in [0.15, 0.2) is 0 Å². The highest BCUT2D eigenvalue weighted by Gasteiger charge is 1.83. The minimum absolute atomic E-state index is 0.139. The molecule has 0 aliphatic heterocycles. The largest absolute Gasteiger partial charge is 0.396 e. The van der Waals surface area contributed by atoms with Gasteiger partial charge in [0.25, 0.3) is 0 Å². The lowest BCUT2D eigenvalue weighted by Crippen LogP contribution is -2.03. The van der Waals surface area contributed by atoms with Crippen LogP contribution in [-0.2, 0) is 4.74 Å². The van der Waals surface area contributed by atoms with Crippen LogP contribution in [0, 0.1) is 0 Å². The zero-order valence-corrected chi connectivity index (χ0v) is 11.8. The molecule has 4 heteroatoms. The van der Waals surface area contributed by atoms with Gasteiger partial charge in [0.2, 0.25) is 0 Å². The molecule has 0 heterocycles. The second-order valence-electron chi connectivity index (χ2n) is 3.58. The molecule has 0 rings (SSSR count). The monoisotopic (exact) mass is 262 g/mol. The summed E-state index contributed by atoms with van der Waals surface area (Å²) in [5.74, 6) is 0. The van der Waals surface area contributed by atoms with Crippen LogP contribution in [0.5, 0.6) is 0 Å². The second-order valence-corrected chi connectivity index (χ2v) is 3.58. The van der Waals surface area contributed by atoms with Crippen LogP contribution in [0.1, 0.15) is 33.1 Å². The van der Waals surface area contributed by atoms with Crippen LogP contribution in [0.2, 0.25) is 0 Å². The van der Waals surface area contributed by atoms with E-state index >= 15 is 0 Å². The van der Waals surface area contributed by atoms with Gasteiger partial charge in [0.05, 0.1) is 25.9 Å². The lowest BCUT2D eigenvalue weighted by Gasteiger charge is -1.90. The van der Waals surface area contributed by atoms with Gasteiger partial charge in [-0.1, -0.05) is 31.9 Å². The van der Waals surface area contributed by atoms with Crippen molar-refractivity contribution in [2.45, 2.75) is 39.2 Å². The van der Waals surface area contributed by atoms with Crippen LogP contribution >= 0.6 is 0 Å². The lowest BCUT2D eigenvalue weighted by molar-refractivity contribution is 0.110. The van der Waals surface area contributed by atoms with Crippen molar-refractivity contribution in [1.82, 2.24) is 0 Å². The summed E-state index contributed by atoms with van der Waals surface area (Å²) < 4.78 is 4.90. The Morgan fingerprint density at radius 2 is 1.56 bits per heavy atom. The minimum atomic E-state index is -0.560. The highest BCUT2D eigenvalue weighted by Crippen LogP contribution is 1.89. The van der Waals surface area contributed by atoms with E-state index in [1.165, 1.54) is 13.3 Å². The molecule has 0 amide bonds. The Bertz CT molecular complexity index is 135. The van der Waals surface area contributed by atoms with Gasteiger partial charge in [-0.25, -0.2) is 0 Å². The van der Waals surface area contributed by atoms with E-state index in [1.54, 1.807) is 12.2 Å². The van der Waals surface area contributed by atoms with Gasteiger partial charge in [0.1, 0.15) is 0 Å². The first-order valence-corrected chi connectivity index (χ1v) is 6.29. The van der Waals surface area contributed by atoms with Crippen LogP contribution in [0.3, 0.4) is 0 Å². The predicted molar refractivity (Wildman–Crippen MR) is 76.6 cm³/mol. The zero-order chi connectivity index (χ0) is 14.6. The Morgan fingerprint density at radius 3 is 1.72 bits per heavy atom. The molecule has 0 aliphatic rings. The minimum Gasteiger partial charge on any atom is -0.396 e. The number of hydrogen-bond donors (Lipinski definition) is 3. The maximum Gasteiger partial charge on any atom is 0.0742 e. The molecule has 0 fully saturated rings. The summed E-state index contributed by atoms with van der Waals surface area (Å²) in [5.41, 5.74) is 0. The highest BCUT2D eigenvalue weighted by atomic mass is 16.5. The van der Waals surface area contributed by atoms with Crippen molar-refractivity contribution in [2.75, 3.05) is 26.4 Å². The lowest BCUT2D eigenvalue weighted by atomic mass is 10.3. The first-order chi connectivity index (χ1) is 8.60. The highest BCUT2D eigenvalue weighted by molar-refractivity contribution is 4.68. The van der Waals surface area contributed by atoms with E-state index in [9.17, 15) is 0 Å². The van der Waals surface area contributed by atoms with Crippen LogP contribution in [0.15, 0.2) is 25.3 Å². The predicted octanol–water partition coefficient (Wildman–Crippen LogP) is 1.90. The molecule has 1 unspecified atom stereocenters. The van der Waals surface area contributed by atoms with Crippen molar-refractivity contribution in [1.29, 1.82) is 0 Å². The zero-order valence-electron chi connectivity index (χ0n) is 11.8. The molecular formula is C14H30O4. The van der Waals surface area contributed by atoms with Gasteiger partial charge in [-0.15, -0.1) is 13.2 Å². The van der Waals surface area contributed by atoms with E-state index in [1.807, 2.05) is 0 Å². The van der Waals surface area contributed by atoms with E-state index in [-0.39, 0.29) is 6.61 Å². The third kappa shape index (κ3) is 45.4. The molecule has 110 valence electrons. The molecule has 0 radical (unpaired) electrons. The van der Waals surface area contributed by atoms with Crippen molar-refractivity contribution >= 4 is 0 Å². The summed E-state index contributed by atoms with van der Waals surface area (Å²) in [6, 6.07) is 0. The number of aliphatic hydroxyl groups excluding tert-OH is 3. The fourth-order valence-corrected chi connectivity index (χ4v) is 0.597. The molecule has 0 saturated carbocycles. The molecule has 0 aliphatic carbocycles. The van der Waals surface area contributed by atoms with Crippen molar-refractivity contribution in [2.24, 2.45) is 0 Å². The van der Waals surface area contributed by atoms with E-state index < -0.39 is 6.10 Å². The SMILES string of the molecule is C=CCOCC=C.CC(O)CO.CCCCCO. The molecule has 0 bridgehead atoms. The van der Waals surface area contributed by atoms with Crippen LogP contribution in [0.4, 0.5) is 0 Å². The van der Waals surface area contributed by atoms with Gasteiger partial charge in [-0.2, -0.15) is 0 Å². The maximum atomic E-state index is 8.20. The van der Waals surface area contributed by atoms with Crippen molar-refractivity contribution in [3.63, 3.8) is 0 Å². The van der Waals surface area contributed by atoms with Gasteiger partial charge < -0.3 is 20.1 Å². The molecule has 0 aromatic carbocycles. The number of ether oxygens (including phenoxy) is 1. The number of unbranched alkanes of at least 4 members (excludes halogenated alkanes) is 2. The molecular weight excluding hydrogens is 232 g/mol. The summed E-state index contributed by atoms with van der Waals surface area (Å²) in [6.07, 6.45) is 6.19. The third-order valence-corrected chi connectivity index (χ3v) is 1.50. The maximum absolute atomic E-state index is 8.20. The summed E-state index contributed by atoms with van der Waals surface area (Å²) in [7, 11) is 0. The molecule has 3 N–H and O–H groups in total. The van der Waals surface area contributed by atoms with E-state index in [4.69, 9.17) is 20.1 Å². The summed E-state index contributed by atoms with van der Waals surface area (Å²) in [6.45, 7) is 12.0. The summed E-state index contributed by atoms with van der Waals surface area (Å²) in [5, 5.41) is 24.2. The van der Waals surface area contributed by atoms with Crippen LogP contribution < -0.4 is 0 Å². The first kappa shape index (κ1) is 22.5. The van der Waals surface area contributed by atoms with Gasteiger partial charge in [-0.05, 0) is 13.3 Å². The van der Waals surface area contributed by atoms with Crippen molar-refractivity contribution in [3.8, 4) is 0 Å². The van der Waals surface area contributed by atoms with Gasteiger partial charge in [0, 0.05) is 6.61 Å². The number of hydrogen-bond acceptors (Lipinski definition) is 4. The fraction of sp³-hybridized carbons (Fsp3) is 0.714. The standard InChI is InChI=1S/C6H10O.C5H12O.C3H8O2/c1-3-5-7-6-4-2;1-2-3-4-5-6;1-3(5)2-4/h3-4H,1-2,5-6H2;6H,2-5H2,1H3;3-5H,2H2,1H3. The van der Waals surface area contributed by atoms with E-state index in [0.717, 1.165) is 12.8 Å². The second kappa shape index (κ2) is 25.2. The average Bonchev–Trinajstić information content (AvgIpc) is 2.38. The van der Waals surface area contributed by atoms with Crippen LogP contribution in [-0.4, -0.2) is 47.9 Å². The Balaban J connectivity index is -0.000000190. The molecule has 0 aromatic heterocycles. The Kier molecular flexibility index (Phi) is 31.5. The molecule has 0 spiro atoms. The first-order valence-electron chi connectivity index (χ1n) is 6.29. The molecule has 1 atom stereocenters. The topological polar surface area (TPSA) is 69.9 Å². The van der Waals surface area contributed by atoms with E-state index in [0.29, 0.717) is 19.8 Å². The van der Waals surface area contributed by atoms with Crippen molar-refractivity contribution < 1.29 is 20.1 Å². The summed E-state index contributed by atoms with van der Waals surface area (Å²) in [4.78, 5) is 0. The van der Waals surface area contributed by atoms with Crippen molar-refractivity contribution in [3.05, 3.63) is 25.3 Å². The number of rotatable bonds is 8. The van der Waals surface area contributed by atoms with E-state index in [2.05, 4.69) is 20.1 Å². The molecule has 0 saturated heterocycles.